The van der Waals surface area contributed by atoms with Crippen LogP contribution in [0.25, 0.3) is 10.8 Å². The van der Waals surface area contributed by atoms with Crippen molar-refractivity contribution in [3.63, 3.8) is 0 Å². The summed E-state index contributed by atoms with van der Waals surface area (Å²) in [5.41, 5.74) is 2.21. The molecule has 0 saturated carbocycles. The van der Waals surface area contributed by atoms with Crippen molar-refractivity contribution in [3.05, 3.63) is 96.1 Å². The van der Waals surface area contributed by atoms with Crippen LogP contribution in [0.15, 0.2) is 85.0 Å². The lowest BCUT2D eigenvalue weighted by Crippen LogP contribution is -2.50. The SMILES string of the molecule is COCO[C@@H]1CNC[C@H](OCc2cc(OC)c3ccccc3c2)[C@H]1c1ccc(OCCCOCC2C=CC=CC2OC)cc1. The zero-order chi connectivity index (χ0) is 30.6. The number of piperidine rings is 1. The van der Waals surface area contributed by atoms with Gasteiger partial charge in [0, 0.05) is 57.6 Å². The van der Waals surface area contributed by atoms with Crippen LogP contribution in [0.3, 0.4) is 0 Å². The van der Waals surface area contributed by atoms with Crippen molar-refractivity contribution in [2.24, 2.45) is 5.92 Å². The minimum Gasteiger partial charge on any atom is -0.496 e. The summed E-state index contributed by atoms with van der Waals surface area (Å²) in [5.74, 6) is 1.95. The molecule has 8 nitrogen and oxygen atoms in total. The molecule has 1 saturated heterocycles. The fraction of sp³-hybridized carbons (Fsp3) is 0.444. The third-order valence-electron chi connectivity index (χ3n) is 8.20. The lowest BCUT2D eigenvalue weighted by atomic mass is 9.85. The van der Waals surface area contributed by atoms with Gasteiger partial charge in [0.15, 0.2) is 0 Å². The Morgan fingerprint density at radius 2 is 1.64 bits per heavy atom. The molecule has 2 unspecified atom stereocenters. The summed E-state index contributed by atoms with van der Waals surface area (Å²) in [7, 11) is 5.08. The van der Waals surface area contributed by atoms with Crippen molar-refractivity contribution in [1.29, 1.82) is 0 Å². The molecule has 3 aromatic carbocycles. The van der Waals surface area contributed by atoms with Crippen LogP contribution in [0.1, 0.15) is 23.5 Å². The third kappa shape index (κ3) is 8.47. The summed E-state index contributed by atoms with van der Waals surface area (Å²) in [6.45, 7) is 3.98. The van der Waals surface area contributed by atoms with Crippen LogP contribution in [0, 0.1) is 5.92 Å². The summed E-state index contributed by atoms with van der Waals surface area (Å²) >= 11 is 0. The van der Waals surface area contributed by atoms with Gasteiger partial charge in [-0.1, -0.05) is 60.7 Å². The van der Waals surface area contributed by atoms with Crippen LogP contribution in [0.4, 0.5) is 0 Å². The average Bonchev–Trinajstić information content (AvgIpc) is 3.08. The number of benzene rings is 3. The minimum atomic E-state index is -0.101. The molecule has 0 bridgehead atoms. The molecule has 1 N–H and O–H groups in total. The number of rotatable bonds is 16. The number of hydrogen-bond acceptors (Lipinski definition) is 8. The Kier molecular flexibility index (Phi) is 12.2. The Labute approximate surface area is 260 Å². The molecule has 3 aromatic rings. The van der Waals surface area contributed by atoms with Gasteiger partial charge >= 0.3 is 0 Å². The van der Waals surface area contributed by atoms with E-state index in [4.69, 9.17) is 33.2 Å². The van der Waals surface area contributed by atoms with Crippen molar-refractivity contribution in [3.8, 4) is 11.5 Å². The number of nitrogens with one attached hydrogen (secondary N) is 1. The molecule has 0 aromatic heterocycles. The van der Waals surface area contributed by atoms with E-state index < -0.39 is 0 Å². The normalized spacial score (nSPS) is 23.2. The van der Waals surface area contributed by atoms with E-state index in [1.807, 2.05) is 36.4 Å². The lowest BCUT2D eigenvalue weighted by molar-refractivity contribution is -0.113. The molecule has 44 heavy (non-hydrogen) atoms. The second-order valence-electron chi connectivity index (χ2n) is 11.1. The first-order valence-electron chi connectivity index (χ1n) is 15.4. The fourth-order valence-corrected chi connectivity index (χ4v) is 5.95. The topological polar surface area (TPSA) is 76.6 Å². The van der Waals surface area contributed by atoms with Crippen LogP contribution in [-0.2, 0) is 30.3 Å². The van der Waals surface area contributed by atoms with Crippen molar-refractivity contribution in [1.82, 2.24) is 5.32 Å². The lowest BCUT2D eigenvalue weighted by Gasteiger charge is -2.38. The zero-order valence-electron chi connectivity index (χ0n) is 26.0. The van der Waals surface area contributed by atoms with Gasteiger partial charge in [0.2, 0.25) is 0 Å². The molecule has 2 aliphatic rings. The molecule has 1 aliphatic heterocycles. The summed E-state index contributed by atoms with van der Waals surface area (Å²) < 4.78 is 41.1. The summed E-state index contributed by atoms with van der Waals surface area (Å²) in [6, 6.07) is 20.8. The number of fused-ring (bicyclic) bond motifs is 1. The number of allylic oxidation sites excluding steroid dienone is 2. The van der Waals surface area contributed by atoms with E-state index in [9.17, 15) is 0 Å². The molecular formula is C36H45NO7. The van der Waals surface area contributed by atoms with Crippen LogP contribution in [-0.4, -0.2) is 79.3 Å². The van der Waals surface area contributed by atoms with Gasteiger partial charge in [-0.2, -0.15) is 0 Å². The maximum Gasteiger partial charge on any atom is 0.146 e. The van der Waals surface area contributed by atoms with Gasteiger partial charge in [-0.3, -0.25) is 0 Å². The molecule has 1 heterocycles. The number of ether oxygens (including phenoxy) is 7. The minimum absolute atomic E-state index is 0.0239. The van der Waals surface area contributed by atoms with E-state index in [0.717, 1.165) is 46.4 Å². The second kappa shape index (κ2) is 16.7. The molecule has 5 atom stereocenters. The number of hydrogen-bond donors (Lipinski definition) is 1. The summed E-state index contributed by atoms with van der Waals surface area (Å²) in [6.07, 6.45) is 8.93. The van der Waals surface area contributed by atoms with Crippen molar-refractivity contribution < 1.29 is 33.2 Å². The first-order valence-corrected chi connectivity index (χ1v) is 15.4. The van der Waals surface area contributed by atoms with Gasteiger partial charge in [0.25, 0.3) is 0 Å². The van der Waals surface area contributed by atoms with Gasteiger partial charge in [0.05, 0.1) is 45.2 Å². The molecule has 1 aliphatic carbocycles. The maximum absolute atomic E-state index is 6.59. The average molecular weight is 604 g/mol. The van der Waals surface area contributed by atoms with Crippen molar-refractivity contribution in [2.75, 3.05) is 61.0 Å². The van der Waals surface area contributed by atoms with Gasteiger partial charge in [-0.05, 0) is 40.8 Å². The largest absolute Gasteiger partial charge is 0.496 e. The zero-order valence-corrected chi connectivity index (χ0v) is 26.0. The molecule has 0 radical (unpaired) electrons. The van der Waals surface area contributed by atoms with E-state index >= 15 is 0 Å². The Morgan fingerprint density at radius 3 is 2.43 bits per heavy atom. The summed E-state index contributed by atoms with van der Waals surface area (Å²) in [5, 5.41) is 5.71. The fourth-order valence-electron chi connectivity index (χ4n) is 5.95. The maximum atomic E-state index is 6.59. The Balaban J connectivity index is 1.17. The highest BCUT2D eigenvalue weighted by Crippen LogP contribution is 2.33. The Morgan fingerprint density at radius 1 is 0.841 bits per heavy atom. The molecule has 8 heteroatoms. The van der Waals surface area contributed by atoms with Crippen LogP contribution < -0.4 is 14.8 Å². The second-order valence-corrected chi connectivity index (χ2v) is 11.1. The molecule has 5 rings (SSSR count). The van der Waals surface area contributed by atoms with Crippen LogP contribution in [0.5, 0.6) is 11.5 Å². The molecule has 0 amide bonds. The van der Waals surface area contributed by atoms with E-state index in [0.29, 0.717) is 33.0 Å². The van der Waals surface area contributed by atoms with E-state index in [2.05, 4.69) is 53.9 Å². The molecular weight excluding hydrogens is 558 g/mol. The molecule has 1 fully saturated rings. The first-order chi connectivity index (χ1) is 21.7. The van der Waals surface area contributed by atoms with Crippen molar-refractivity contribution in [2.45, 2.75) is 37.3 Å². The van der Waals surface area contributed by atoms with E-state index in [-0.39, 0.29) is 36.9 Å². The van der Waals surface area contributed by atoms with E-state index in [1.165, 1.54) is 0 Å². The third-order valence-corrected chi connectivity index (χ3v) is 8.20. The molecule has 236 valence electrons. The van der Waals surface area contributed by atoms with Crippen LogP contribution in [0.2, 0.25) is 0 Å². The van der Waals surface area contributed by atoms with Crippen LogP contribution >= 0.6 is 0 Å². The molecule has 0 spiro atoms. The predicted octanol–water partition coefficient (Wildman–Crippen LogP) is 5.65. The summed E-state index contributed by atoms with van der Waals surface area (Å²) in [4.78, 5) is 0. The first kappa shape index (κ1) is 32.2. The monoisotopic (exact) mass is 603 g/mol. The van der Waals surface area contributed by atoms with Gasteiger partial charge < -0.3 is 38.5 Å². The highest BCUT2D eigenvalue weighted by Gasteiger charge is 2.36. The Hall–Kier alpha value is -3.24. The van der Waals surface area contributed by atoms with E-state index in [1.54, 1.807) is 21.3 Å². The predicted molar refractivity (Wildman–Crippen MR) is 171 cm³/mol. The quantitative estimate of drug-likeness (QED) is 0.166. The highest BCUT2D eigenvalue weighted by atomic mass is 16.7. The number of methoxy groups -OCH3 is 3. The standard InChI is InChI=1S/C36H45NO7/c1-38-25-44-35-22-37-21-34(43-23-26-19-28-9-4-6-11-31(28)33(20-26)40-3)36(35)27-13-15-30(16-14-27)42-18-8-17-41-24-29-10-5-7-12-32(29)39-2/h4-7,9-16,19-20,29,32,34-37H,8,17-18,21-25H2,1-3H3/t29?,32?,34-,35+,36+/m0/s1. The van der Waals surface area contributed by atoms with Gasteiger partial charge in [-0.15, -0.1) is 0 Å². The highest BCUT2D eigenvalue weighted by molar-refractivity contribution is 5.89. The smallest absolute Gasteiger partial charge is 0.146 e. The Bertz CT molecular complexity index is 1360. The van der Waals surface area contributed by atoms with Crippen molar-refractivity contribution >= 4 is 10.8 Å². The van der Waals surface area contributed by atoms with Gasteiger partial charge in [-0.25, -0.2) is 0 Å². The van der Waals surface area contributed by atoms with Gasteiger partial charge in [0.1, 0.15) is 18.3 Å².